The number of aromatic hydroxyl groups is 1. The highest BCUT2D eigenvalue weighted by Gasteiger charge is 2.16. The van der Waals surface area contributed by atoms with Crippen LogP contribution in [0.25, 0.3) is 0 Å². The molecule has 2 aromatic rings. The Hall–Kier alpha value is -2.23. The molecule has 0 saturated heterocycles. The van der Waals surface area contributed by atoms with Crippen molar-refractivity contribution in [2.45, 2.75) is 19.9 Å². The van der Waals surface area contributed by atoms with Crippen molar-refractivity contribution in [3.63, 3.8) is 0 Å². The van der Waals surface area contributed by atoms with Crippen molar-refractivity contribution >= 4 is 11.6 Å². The van der Waals surface area contributed by atoms with Crippen LogP contribution in [0.15, 0.2) is 42.6 Å². The summed E-state index contributed by atoms with van der Waals surface area (Å²) in [5.74, 6) is 0.142. The molecule has 0 aliphatic heterocycles. The second kappa shape index (κ2) is 5.61. The number of carbonyl (C=O) groups is 1. The summed E-state index contributed by atoms with van der Waals surface area (Å²) in [5.41, 5.74) is 1.43. The molecule has 1 heterocycles. The molecule has 0 aliphatic rings. The predicted molar refractivity (Wildman–Crippen MR) is 75.6 cm³/mol. The van der Waals surface area contributed by atoms with Crippen LogP contribution in [-0.4, -0.2) is 22.6 Å². The molecule has 1 aromatic heterocycles. The van der Waals surface area contributed by atoms with Gasteiger partial charge in [0.2, 0.25) is 0 Å². The van der Waals surface area contributed by atoms with Crippen LogP contribution in [-0.2, 0) is 6.54 Å². The minimum absolute atomic E-state index is 0.0517. The topological polar surface area (TPSA) is 45.5 Å². The van der Waals surface area contributed by atoms with Gasteiger partial charge < -0.3 is 14.6 Å². The largest absolute Gasteiger partial charge is 0.508 e. The Morgan fingerprint density at radius 3 is 2.58 bits per heavy atom. The SMILES string of the molecule is CCCn1cccc1C(=O)N(C)c1ccc(O)cc1. The average molecular weight is 258 g/mol. The van der Waals surface area contributed by atoms with Crippen LogP contribution >= 0.6 is 0 Å². The fraction of sp³-hybridized carbons (Fsp3) is 0.267. The van der Waals surface area contributed by atoms with Gasteiger partial charge >= 0.3 is 0 Å². The van der Waals surface area contributed by atoms with Gasteiger partial charge in [0.1, 0.15) is 11.4 Å². The van der Waals surface area contributed by atoms with Gasteiger partial charge in [-0.25, -0.2) is 0 Å². The van der Waals surface area contributed by atoms with Crippen LogP contribution in [0.5, 0.6) is 5.75 Å². The van der Waals surface area contributed by atoms with E-state index in [4.69, 9.17) is 0 Å². The molecule has 4 heteroatoms. The number of aryl methyl sites for hydroxylation is 1. The number of phenols is 1. The van der Waals surface area contributed by atoms with Gasteiger partial charge in [0.15, 0.2) is 0 Å². The molecule has 0 saturated carbocycles. The lowest BCUT2D eigenvalue weighted by molar-refractivity contribution is 0.0984. The quantitative estimate of drug-likeness (QED) is 0.916. The normalized spacial score (nSPS) is 10.4. The Morgan fingerprint density at radius 1 is 1.26 bits per heavy atom. The Kier molecular flexibility index (Phi) is 3.90. The smallest absolute Gasteiger partial charge is 0.274 e. The van der Waals surface area contributed by atoms with Gasteiger partial charge in [-0.3, -0.25) is 4.79 Å². The van der Waals surface area contributed by atoms with E-state index in [2.05, 4.69) is 6.92 Å². The Labute approximate surface area is 112 Å². The molecule has 0 radical (unpaired) electrons. The molecule has 1 amide bonds. The molecule has 0 aliphatic carbocycles. The Balaban J connectivity index is 2.23. The number of nitrogens with zero attached hydrogens (tertiary/aromatic N) is 2. The van der Waals surface area contributed by atoms with Crippen molar-refractivity contribution in [2.75, 3.05) is 11.9 Å². The average Bonchev–Trinajstić information content (AvgIpc) is 2.87. The van der Waals surface area contributed by atoms with Crippen molar-refractivity contribution in [1.29, 1.82) is 0 Å². The molecular formula is C15H18N2O2. The van der Waals surface area contributed by atoms with Gasteiger partial charge in [-0.15, -0.1) is 0 Å². The lowest BCUT2D eigenvalue weighted by Crippen LogP contribution is -2.28. The van der Waals surface area contributed by atoms with Gasteiger partial charge in [-0.2, -0.15) is 0 Å². The van der Waals surface area contributed by atoms with E-state index in [9.17, 15) is 9.90 Å². The molecule has 0 bridgehead atoms. The number of hydrogen-bond donors (Lipinski definition) is 1. The Bertz CT molecular complexity index is 558. The van der Waals surface area contributed by atoms with E-state index in [0.29, 0.717) is 5.69 Å². The summed E-state index contributed by atoms with van der Waals surface area (Å²) in [6.45, 7) is 2.91. The summed E-state index contributed by atoms with van der Waals surface area (Å²) in [6, 6.07) is 10.3. The second-order valence-corrected chi connectivity index (χ2v) is 4.47. The lowest BCUT2D eigenvalue weighted by Gasteiger charge is -2.18. The van der Waals surface area contributed by atoms with E-state index >= 15 is 0 Å². The van der Waals surface area contributed by atoms with Gasteiger partial charge in [0, 0.05) is 25.5 Å². The zero-order valence-electron chi connectivity index (χ0n) is 11.2. The fourth-order valence-corrected chi connectivity index (χ4v) is 2.01. The van der Waals surface area contributed by atoms with Crippen LogP contribution in [0.4, 0.5) is 5.69 Å². The van der Waals surface area contributed by atoms with Gasteiger partial charge in [0.05, 0.1) is 0 Å². The first-order valence-corrected chi connectivity index (χ1v) is 6.35. The number of amides is 1. The maximum absolute atomic E-state index is 12.4. The number of hydrogen-bond acceptors (Lipinski definition) is 2. The summed E-state index contributed by atoms with van der Waals surface area (Å²) in [6.07, 6.45) is 2.90. The highest BCUT2D eigenvalue weighted by molar-refractivity contribution is 6.04. The first kappa shape index (κ1) is 13.2. The molecule has 2 rings (SSSR count). The van der Waals surface area contributed by atoms with E-state index in [1.165, 1.54) is 0 Å². The molecule has 1 aromatic carbocycles. The number of aromatic nitrogens is 1. The highest BCUT2D eigenvalue weighted by atomic mass is 16.3. The third kappa shape index (κ3) is 2.78. The predicted octanol–water partition coefficient (Wildman–Crippen LogP) is 2.88. The number of carbonyl (C=O) groups excluding carboxylic acids is 1. The maximum atomic E-state index is 12.4. The van der Waals surface area contributed by atoms with Crippen molar-refractivity contribution in [2.24, 2.45) is 0 Å². The third-order valence-corrected chi connectivity index (χ3v) is 3.05. The first-order valence-electron chi connectivity index (χ1n) is 6.35. The standard InChI is InChI=1S/C15H18N2O2/c1-3-10-17-11-4-5-14(17)15(19)16(2)12-6-8-13(18)9-7-12/h4-9,11,18H,3,10H2,1-2H3. The molecule has 100 valence electrons. The van der Waals surface area contributed by atoms with E-state index < -0.39 is 0 Å². The molecule has 1 N–H and O–H groups in total. The molecular weight excluding hydrogens is 240 g/mol. The van der Waals surface area contributed by atoms with Crippen LogP contribution in [0.2, 0.25) is 0 Å². The Morgan fingerprint density at radius 2 is 1.95 bits per heavy atom. The van der Waals surface area contributed by atoms with Crippen molar-refractivity contribution in [3.8, 4) is 5.75 Å². The van der Waals surface area contributed by atoms with Crippen LogP contribution in [0, 0.1) is 0 Å². The van der Waals surface area contributed by atoms with Crippen molar-refractivity contribution < 1.29 is 9.90 Å². The number of phenolic OH excluding ortho intramolecular Hbond substituents is 1. The molecule has 0 atom stereocenters. The summed E-state index contributed by atoms with van der Waals surface area (Å²) >= 11 is 0. The monoisotopic (exact) mass is 258 g/mol. The maximum Gasteiger partial charge on any atom is 0.274 e. The number of benzene rings is 1. The summed E-state index contributed by atoms with van der Waals surface area (Å²) < 4.78 is 1.96. The zero-order valence-corrected chi connectivity index (χ0v) is 11.2. The lowest BCUT2D eigenvalue weighted by atomic mass is 10.2. The molecule has 0 fully saturated rings. The summed E-state index contributed by atoms with van der Waals surface area (Å²) in [7, 11) is 1.73. The van der Waals surface area contributed by atoms with Gasteiger partial charge in [-0.1, -0.05) is 6.92 Å². The molecule has 19 heavy (non-hydrogen) atoms. The summed E-state index contributed by atoms with van der Waals surface area (Å²) in [4.78, 5) is 14.0. The molecule has 0 spiro atoms. The third-order valence-electron chi connectivity index (χ3n) is 3.05. The minimum Gasteiger partial charge on any atom is -0.508 e. The molecule has 0 unspecified atom stereocenters. The molecule has 4 nitrogen and oxygen atoms in total. The second-order valence-electron chi connectivity index (χ2n) is 4.47. The van der Waals surface area contributed by atoms with E-state index in [1.807, 2.05) is 22.9 Å². The summed E-state index contributed by atoms with van der Waals surface area (Å²) in [5, 5.41) is 9.27. The van der Waals surface area contributed by atoms with E-state index in [0.717, 1.165) is 18.7 Å². The minimum atomic E-state index is -0.0517. The van der Waals surface area contributed by atoms with Gasteiger partial charge in [0.25, 0.3) is 5.91 Å². The van der Waals surface area contributed by atoms with Crippen molar-refractivity contribution in [1.82, 2.24) is 4.57 Å². The highest BCUT2D eigenvalue weighted by Crippen LogP contribution is 2.19. The van der Waals surface area contributed by atoms with Crippen LogP contribution < -0.4 is 4.90 Å². The van der Waals surface area contributed by atoms with Crippen LogP contribution in [0.3, 0.4) is 0 Å². The van der Waals surface area contributed by atoms with Crippen molar-refractivity contribution in [3.05, 3.63) is 48.3 Å². The van der Waals surface area contributed by atoms with Gasteiger partial charge in [-0.05, 0) is 42.8 Å². The van der Waals surface area contributed by atoms with Crippen LogP contribution in [0.1, 0.15) is 23.8 Å². The number of rotatable bonds is 4. The fourth-order valence-electron chi connectivity index (χ4n) is 2.01. The first-order chi connectivity index (χ1) is 9.13. The zero-order chi connectivity index (χ0) is 13.8. The van der Waals surface area contributed by atoms with E-state index in [-0.39, 0.29) is 11.7 Å². The van der Waals surface area contributed by atoms with E-state index in [1.54, 1.807) is 36.2 Å². The number of anilines is 1.